The van der Waals surface area contributed by atoms with Crippen LogP contribution in [0.25, 0.3) is 0 Å². The van der Waals surface area contributed by atoms with Gasteiger partial charge in [-0.2, -0.15) is 0 Å². The molecule has 5 heteroatoms. The molecule has 0 saturated heterocycles. The van der Waals surface area contributed by atoms with Crippen molar-refractivity contribution in [2.24, 2.45) is 11.7 Å². The smallest absolute Gasteiger partial charge is 0.161 e. The van der Waals surface area contributed by atoms with E-state index in [-0.39, 0.29) is 12.5 Å². The van der Waals surface area contributed by atoms with Gasteiger partial charge in [-0.15, -0.1) is 0 Å². The Morgan fingerprint density at radius 1 is 1.29 bits per heavy atom. The van der Waals surface area contributed by atoms with Gasteiger partial charge in [0.05, 0.1) is 14.2 Å². The predicted octanol–water partition coefficient (Wildman–Crippen LogP) is 1.58. The molecule has 4 nitrogen and oxygen atoms in total. The summed E-state index contributed by atoms with van der Waals surface area (Å²) in [5.74, 6) is 1.42. The second-order valence-electron chi connectivity index (χ2n) is 3.79. The van der Waals surface area contributed by atoms with Gasteiger partial charge in [0.15, 0.2) is 11.5 Å². The number of aliphatic hydroxyl groups is 1. The van der Waals surface area contributed by atoms with Crippen LogP contribution < -0.4 is 15.2 Å². The highest BCUT2D eigenvalue weighted by Crippen LogP contribution is 2.34. The normalized spacial score (nSPS) is 12.3. The van der Waals surface area contributed by atoms with Gasteiger partial charge in [0.25, 0.3) is 0 Å². The van der Waals surface area contributed by atoms with Crippen molar-refractivity contribution >= 4 is 15.9 Å². The van der Waals surface area contributed by atoms with Crippen LogP contribution in [0.1, 0.15) is 5.56 Å². The first kappa shape index (κ1) is 14.3. The van der Waals surface area contributed by atoms with Gasteiger partial charge in [-0.3, -0.25) is 0 Å². The molecule has 3 N–H and O–H groups in total. The molecule has 0 radical (unpaired) electrons. The van der Waals surface area contributed by atoms with Crippen molar-refractivity contribution in [3.05, 3.63) is 22.2 Å². The Balaban J connectivity index is 2.99. The van der Waals surface area contributed by atoms with Crippen molar-refractivity contribution in [3.63, 3.8) is 0 Å². The Kier molecular flexibility index (Phi) is 5.74. The van der Waals surface area contributed by atoms with E-state index >= 15 is 0 Å². The molecule has 0 spiro atoms. The minimum Gasteiger partial charge on any atom is -0.493 e. The number of halogens is 1. The van der Waals surface area contributed by atoms with Crippen LogP contribution in [0.3, 0.4) is 0 Å². The topological polar surface area (TPSA) is 64.7 Å². The molecule has 1 aromatic rings. The molecule has 0 heterocycles. The van der Waals surface area contributed by atoms with Crippen LogP contribution in [0, 0.1) is 5.92 Å². The quantitative estimate of drug-likeness (QED) is 0.837. The molecule has 17 heavy (non-hydrogen) atoms. The van der Waals surface area contributed by atoms with Gasteiger partial charge >= 0.3 is 0 Å². The molecule has 0 aliphatic rings. The van der Waals surface area contributed by atoms with Crippen LogP contribution in [0.15, 0.2) is 16.6 Å². The van der Waals surface area contributed by atoms with E-state index in [1.54, 1.807) is 14.2 Å². The van der Waals surface area contributed by atoms with E-state index in [4.69, 9.17) is 20.3 Å². The standard InChI is InChI=1S/C12H18BrNO3/c1-16-11-4-9(3-8(6-14)7-15)10(13)5-12(11)17-2/h4-5,8,15H,3,6-7,14H2,1-2H3. The van der Waals surface area contributed by atoms with Crippen LogP contribution in [-0.4, -0.2) is 32.5 Å². The minimum atomic E-state index is 0.0596. The third kappa shape index (κ3) is 3.59. The molecule has 0 aromatic heterocycles. The summed E-state index contributed by atoms with van der Waals surface area (Å²) in [4.78, 5) is 0. The summed E-state index contributed by atoms with van der Waals surface area (Å²) < 4.78 is 11.4. The molecule has 1 atom stereocenters. The van der Waals surface area contributed by atoms with Crippen LogP contribution >= 0.6 is 15.9 Å². The Bertz CT molecular complexity index is 367. The fraction of sp³-hybridized carbons (Fsp3) is 0.500. The van der Waals surface area contributed by atoms with Gasteiger partial charge in [0, 0.05) is 11.1 Å². The lowest BCUT2D eigenvalue weighted by Gasteiger charge is -2.15. The number of hydrogen-bond acceptors (Lipinski definition) is 4. The predicted molar refractivity (Wildman–Crippen MR) is 70.6 cm³/mol. The monoisotopic (exact) mass is 303 g/mol. The molecule has 0 aliphatic carbocycles. The van der Waals surface area contributed by atoms with E-state index in [0.29, 0.717) is 24.5 Å². The van der Waals surface area contributed by atoms with Crippen molar-refractivity contribution in [2.45, 2.75) is 6.42 Å². The second kappa shape index (κ2) is 6.83. The number of ether oxygens (including phenoxy) is 2. The van der Waals surface area contributed by atoms with Gasteiger partial charge in [0.1, 0.15) is 0 Å². The van der Waals surface area contributed by atoms with Gasteiger partial charge < -0.3 is 20.3 Å². The van der Waals surface area contributed by atoms with E-state index in [2.05, 4.69) is 15.9 Å². The summed E-state index contributed by atoms with van der Waals surface area (Å²) in [6.45, 7) is 0.536. The van der Waals surface area contributed by atoms with E-state index < -0.39 is 0 Å². The fourth-order valence-corrected chi connectivity index (χ4v) is 2.07. The molecule has 1 unspecified atom stereocenters. The summed E-state index contributed by atoms with van der Waals surface area (Å²) in [6.07, 6.45) is 0.702. The number of nitrogens with two attached hydrogens (primary N) is 1. The summed E-state index contributed by atoms with van der Waals surface area (Å²) in [7, 11) is 3.20. The molecule has 1 rings (SSSR count). The number of rotatable bonds is 6. The van der Waals surface area contributed by atoms with E-state index in [0.717, 1.165) is 10.0 Å². The third-order valence-electron chi connectivity index (χ3n) is 2.65. The number of aliphatic hydroxyl groups excluding tert-OH is 1. The Morgan fingerprint density at radius 3 is 2.35 bits per heavy atom. The molecular formula is C12H18BrNO3. The number of benzene rings is 1. The lowest BCUT2D eigenvalue weighted by Crippen LogP contribution is -2.20. The average molecular weight is 304 g/mol. The molecule has 96 valence electrons. The maximum absolute atomic E-state index is 9.15. The van der Waals surface area contributed by atoms with E-state index in [9.17, 15) is 0 Å². The minimum absolute atomic E-state index is 0.0596. The van der Waals surface area contributed by atoms with E-state index in [1.807, 2.05) is 12.1 Å². The summed E-state index contributed by atoms with van der Waals surface area (Å²) in [5, 5.41) is 9.15. The highest BCUT2D eigenvalue weighted by molar-refractivity contribution is 9.10. The number of methoxy groups -OCH3 is 2. The zero-order valence-electron chi connectivity index (χ0n) is 10.1. The first-order chi connectivity index (χ1) is 8.15. The average Bonchev–Trinajstić information content (AvgIpc) is 2.36. The summed E-state index contributed by atoms with van der Waals surface area (Å²) in [5.41, 5.74) is 6.62. The Morgan fingerprint density at radius 2 is 1.88 bits per heavy atom. The molecule has 0 aliphatic heterocycles. The largest absolute Gasteiger partial charge is 0.493 e. The third-order valence-corrected chi connectivity index (χ3v) is 3.39. The van der Waals surface area contributed by atoms with Crippen LogP contribution in [0.5, 0.6) is 11.5 Å². The fourth-order valence-electron chi connectivity index (χ4n) is 1.59. The molecule has 0 bridgehead atoms. The van der Waals surface area contributed by atoms with Gasteiger partial charge in [0.2, 0.25) is 0 Å². The SMILES string of the molecule is COc1cc(Br)c(CC(CN)CO)cc1OC. The lowest BCUT2D eigenvalue weighted by molar-refractivity contribution is 0.229. The second-order valence-corrected chi connectivity index (χ2v) is 4.64. The van der Waals surface area contributed by atoms with Gasteiger partial charge in [-0.05, 0) is 36.6 Å². The first-order valence-electron chi connectivity index (χ1n) is 5.37. The van der Waals surface area contributed by atoms with Crippen LogP contribution in [-0.2, 0) is 6.42 Å². The molecule has 1 aromatic carbocycles. The van der Waals surface area contributed by atoms with Crippen molar-refractivity contribution in [3.8, 4) is 11.5 Å². The molecular weight excluding hydrogens is 286 g/mol. The maximum Gasteiger partial charge on any atom is 0.161 e. The first-order valence-corrected chi connectivity index (χ1v) is 6.16. The lowest BCUT2D eigenvalue weighted by atomic mass is 10.00. The van der Waals surface area contributed by atoms with Crippen molar-refractivity contribution in [2.75, 3.05) is 27.4 Å². The zero-order valence-corrected chi connectivity index (χ0v) is 11.7. The van der Waals surface area contributed by atoms with E-state index in [1.165, 1.54) is 0 Å². The number of hydrogen-bond donors (Lipinski definition) is 2. The highest BCUT2D eigenvalue weighted by Gasteiger charge is 2.13. The molecule has 0 fully saturated rings. The van der Waals surface area contributed by atoms with Crippen LogP contribution in [0.4, 0.5) is 0 Å². The van der Waals surface area contributed by atoms with Crippen molar-refractivity contribution in [1.29, 1.82) is 0 Å². The Hall–Kier alpha value is -0.780. The summed E-state index contributed by atoms with van der Waals surface area (Å²) in [6, 6.07) is 3.76. The van der Waals surface area contributed by atoms with Crippen molar-refractivity contribution < 1.29 is 14.6 Å². The maximum atomic E-state index is 9.15. The van der Waals surface area contributed by atoms with Crippen molar-refractivity contribution in [1.82, 2.24) is 0 Å². The van der Waals surface area contributed by atoms with Gasteiger partial charge in [-0.1, -0.05) is 15.9 Å². The molecule has 0 amide bonds. The van der Waals surface area contributed by atoms with Gasteiger partial charge in [-0.25, -0.2) is 0 Å². The summed E-state index contributed by atoms with van der Waals surface area (Å²) >= 11 is 3.48. The van der Waals surface area contributed by atoms with Crippen LogP contribution in [0.2, 0.25) is 0 Å². The zero-order chi connectivity index (χ0) is 12.8. The Labute approximate surface area is 110 Å². The molecule has 0 saturated carbocycles. The highest BCUT2D eigenvalue weighted by atomic mass is 79.9.